The van der Waals surface area contributed by atoms with Gasteiger partial charge in [-0.15, -0.1) is 0 Å². The molecule has 1 heterocycles. The van der Waals surface area contributed by atoms with Crippen LogP contribution in [0.4, 0.5) is 11.4 Å². The van der Waals surface area contributed by atoms with Crippen LogP contribution in [-0.4, -0.2) is 23.5 Å². The van der Waals surface area contributed by atoms with Gasteiger partial charge in [-0.25, -0.2) is 4.98 Å². The number of amides is 1. The van der Waals surface area contributed by atoms with Gasteiger partial charge in [-0.05, 0) is 56.2 Å². The molecule has 1 aliphatic carbocycles. The van der Waals surface area contributed by atoms with E-state index < -0.39 is 0 Å². The van der Waals surface area contributed by atoms with Gasteiger partial charge in [0, 0.05) is 11.7 Å². The van der Waals surface area contributed by atoms with Crippen LogP contribution in [0.1, 0.15) is 55.9 Å². The number of pyridine rings is 1. The second-order valence-electron chi connectivity index (χ2n) is 6.68. The number of benzene rings is 1. The highest BCUT2D eigenvalue weighted by atomic mass is 16.5. The van der Waals surface area contributed by atoms with Gasteiger partial charge in [0.1, 0.15) is 11.4 Å². The minimum Gasteiger partial charge on any atom is -0.494 e. The van der Waals surface area contributed by atoms with Crippen LogP contribution in [0.3, 0.4) is 0 Å². The van der Waals surface area contributed by atoms with Crippen molar-refractivity contribution in [1.82, 2.24) is 10.3 Å². The SMILES string of the molecule is CCOc1ccc(Nc2ccc(C(=O)NC3CCCCCC3)nc2)cc1. The van der Waals surface area contributed by atoms with Crippen molar-refractivity contribution in [2.24, 2.45) is 0 Å². The Morgan fingerprint density at radius 1 is 1.04 bits per heavy atom. The molecule has 5 heteroatoms. The molecule has 3 rings (SSSR count). The fourth-order valence-electron chi connectivity index (χ4n) is 3.25. The minimum absolute atomic E-state index is 0.0792. The maximum atomic E-state index is 12.4. The lowest BCUT2D eigenvalue weighted by Crippen LogP contribution is -2.34. The molecule has 1 aliphatic rings. The van der Waals surface area contributed by atoms with Crippen molar-refractivity contribution < 1.29 is 9.53 Å². The van der Waals surface area contributed by atoms with E-state index in [0.29, 0.717) is 12.3 Å². The zero-order valence-corrected chi connectivity index (χ0v) is 15.3. The summed E-state index contributed by atoms with van der Waals surface area (Å²) >= 11 is 0. The van der Waals surface area contributed by atoms with Gasteiger partial charge in [0.2, 0.25) is 0 Å². The second kappa shape index (κ2) is 9.22. The lowest BCUT2D eigenvalue weighted by molar-refractivity contribution is 0.0928. The normalized spacial score (nSPS) is 15.1. The van der Waals surface area contributed by atoms with E-state index >= 15 is 0 Å². The van der Waals surface area contributed by atoms with Gasteiger partial charge in [-0.3, -0.25) is 4.79 Å². The van der Waals surface area contributed by atoms with E-state index in [9.17, 15) is 4.79 Å². The summed E-state index contributed by atoms with van der Waals surface area (Å²) in [6, 6.07) is 11.7. The summed E-state index contributed by atoms with van der Waals surface area (Å²) in [6.07, 6.45) is 8.78. The summed E-state index contributed by atoms with van der Waals surface area (Å²) in [5, 5.41) is 6.41. The summed E-state index contributed by atoms with van der Waals surface area (Å²) in [7, 11) is 0. The fourth-order valence-corrected chi connectivity index (χ4v) is 3.25. The van der Waals surface area contributed by atoms with Gasteiger partial charge in [-0.2, -0.15) is 0 Å². The first-order valence-electron chi connectivity index (χ1n) is 9.51. The number of nitrogens with one attached hydrogen (secondary N) is 2. The largest absolute Gasteiger partial charge is 0.494 e. The number of ether oxygens (including phenoxy) is 1. The first-order valence-corrected chi connectivity index (χ1v) is 9.51. The summed E-state index contributed by atoms with van der Waals surface area (Å²) in [4.78, 5) is 16.7. The number of hydrogen-bond donors (Lipinski definition) is 2. The molecule has 1 saturated carbocycles. The second-order valence-corrected chi connectivity index (χ2v) is 6.68. The van der Waals surface area contributed by atoms with E-state index in [4.69, 9.17) is 4.74 Å². The summed E-state index contributed by atoms with van der Waals surface area (Å²) < 4.78 is 5.44. The van der Waals surface area contributed by atoms with Gasteiger partial charge >= 0.3 is 0 Å². The van der Waals surface area contributed by atoms with Gasteiger partial charge < -0.3 is 15.4 Å². The van der Waals surface area contributed by atoms with Crippen molar-refractivity contribution in [1.29, 1.82) is 0 Å². The molecule has 138 valence electrons. The van der Waals surface area contributed by atoms with Crippen LogP contribution in [0, 0.1) is 0 Å². The molecular weight excluding hydrogens is 326 g/mol. The van der Waals surface area contributed by atoms with E-state index in [1.807, 2.05) is 37.3 Å². The van der Waals surface area contributed by atoms with Gasteiger partial charge in [0.05, 0.1) is 18.5 Å². The van der Waals surface area contributed by atoms with E-state index in [2.05, 4.69) is 15.6 Å². The van der Waals surface area contributed by atoms with Crippen molar-refractivity contribution in [3.8, 4) is 5.75 Å². The van der Waals surface area contributed by atoms with Crippen LogP contribution in [0.5, 0.6) is 5.75 Å². The third kappa shape index (κ3) is 5.22. The third-order valence-corrected chi connectivity index (χ3v) is 4.64. The number of hydrogen-bond acceptors (Lipinski definition) is 4. The summed E-state index contributed by atoms with van der Waals surface area (Å²) in [5.74, 6) is 0.770. The average molecular weight is 353 g/mol. The Morgan fingerprint density at radius 2 is 1.73 bits per heavy atom. The Kier molecular flexibility index (Phi) is 6.47. The van der Waals surface area contributed by atoms with E-state index in [-0.39, 0.29) is 11.9 Å². The average Bonchev–Trinajstić information content (AvgIpc) is 2.93. The zero-order valence-electron chi connectivity index (χ0n) is 15.3. The molecule has 0 saturated heterocycles. The zero-order chi connectivity index (χ0) is 18.2. The molecule has 26 heavy (non-hydrogen) atoms. The highest BCUT2D eigenvalue weighted by Crippen LogP contribution is 2.20. The maximum absolute atomic E-state index is 12.4. The number of rotatable bonds is 6. The van der Waals surface area contributed by atoms with Crippen LogP contribution in [0.2, 0.25) is 0 Å². The van der Waals surface area contributed by atoms with Crippen molar-refractivity contribution in [2.45, 2.75) is 51.5 Å². The molecular formula is C21H27N3O2. The van der Waals surface area contributed by atoms with E-state index in [1.165, 1.54) is 25.7 Å². The van der Waals surface area contributed by atoms with Crippen molar-refractivity contribution in [3.63, 3.8) is 0 Å². The van der Waals surface area contributed by atoms with E-state index in [1.54, 1.807) is 12.3 Å². The van der Waals surface area contributed by atoms with Gasteiger partial charge in [0.15, 0.2) is 0 Å². The van der Waals surface area contributed by atoms with Crippen LogP contribution in [0.25, 0.3) is 0 Å². The molecule has 0 unspecified atom stereocenters. The third-order valence-electron chi connectivity index (χ3n) is 4.64. The number of anilines is 2. The highest BCUT2D eigenvalue weighted by molar-refractivity contribution is 5.92. The highest BCUT2D eigenvalue weighted by Gasteiger charge is 2.16. The molecule has 1 aromatic carbocycles. The Hall–Kier alpha value is -2.56. The number of carbonyl (C=O) groups is 1. The summed E-state index contributed by atoms with van der Waals surface area (Å²) in [6.45, 7) is 2.62. The number of aromatic nitrogens is 1. The number of nitrogens with zero attached hydrogens (tertiary/aromatic N) is 1. The minimum atomic E-state index is -0.0792. The van der Waals surface area contributed by atoms with Crippen LogP contribution < -0.4 is 15.4 Å². The molecule has 0 bridgehead atoms. The molecule has 2 N–H and O–H groups in total. The molecule has 1 fully saturated rings. The Bertz CT molecular complexity index is 690. The molecule has 2 aromatic rings. The first kappa shape index (κ1) is 18.2. The van der Waals surface area contributed by atoms with Crippen molar-refractivity contribution >= 4 is 17.3 Å². The van der Waals surface area contributed by atoms with Crippen molar-refractivity contribution in [3.05, 3.63) is 48.3 Å². The molecule has 1 aromatic heterocycles. The molecule has 1 amide bonds. The standard InChI is InChI=1S/C21H27N3O2/c1-2-26-19-12-9-17(10-13-19)23-18-11-14-20(22-15-18)21(25)24-16-7-5-3-4-6-8-16/h9-16,23H,2-8H2,1H3,(H,24,25). The Balaban J connectivity index is 1.56. The smallest absolute Gasteiger partial charge is 0.270 e. The maximum Gasteiger partial charge on any atom is 0.270 e. The number of carbonyl (C=O) groups excluding carboxylic acids is 1. The molecule has 0 radical (unpaired) electrons. The Morgan fingerprint density at radius 3 is 2.35 bits per heavy atom. The molecule has 0 aliphatic heterocycles. The van der Waals surface area contributed by atoms with Crippen LogP contribution in [-0.2, 0) is 0 Å². The predicted molar refractivity (Wildman–Crippen MR) is 104 cm³/mol. The Labute approximate surface area is 155 Å². The molecule has 0 atom stereocenters. The quantitative estimate of drug-likeness (QED) is 0.740. The lowest BCUT2D eigenvalue weighted by atomic mass is 10.1. The monoisotopic (exact) mass is 353 g/mol. The topological polar surface area (TPSA) is 63.2 Å². The lowest BCUT2D eigenvalue weighted by Gasteiger charge is -2.16. The van der Waals surface area contributed by atoms with Crippen molar-refractivity contribution in [2.75, 3.05) is 11.9 Å². The fraction of sp³-hybridized carbons (Fsp3) is 0.429. The van der Waals surface area contributed by atoms with Gasteiger partial charge in [0.25, 0.3) is 5.91 Å². The molecule has 5 nitrogen and oxygen atoms in total. The predicted octanol–water partition coefficient (Wildman–Crippen LogP) is 4.68. The van der Waals surface area contributed by atoms with Crippen LogP contribution >= 0.6 is 0 Å². The molecule has 0 spiro atoms. The van der Waals surface area contributed by atoms with E-state index in [0.717, 1.165) is 30.0 Å². The van der Waals surface area contributed by atoms with Crippen LogP contribution in [0.15, 0.2) is 42.6 Å². The summed E-state index contributed by atoms with van der Waals surface area (Å²) in [5.41, 5.74) is 2.26. The van der Waals surface area contributed by atoms with Gasteiger partial charge in [-0.1, -0.05) is 25.7 Å². The first-order chi connectivity index (χ1) is 12.7.